The molecule has 0 radical (unpaired) electrons. The van der Waals surface area contributed by atoms with Crippen molar-refractivity contribution in [1.82, 2.24) is 0 Å². The van der Waals surface area contributed by atoms with Gasteiger partial charge in [-0.05, 0) is 24.3 Å². The smallest absolute Gasteiger partial charge is 0.290 e. The maximum atomic E-state index is 12.0. The van der Waals surface area contributed by atoms with Crippen LogP contribution < -0.4 is 15.6 Å². The fourth-order valence-corrected chi connectivity index (χ4v) is 2.17. The largest absolute Gasteiger partial charge is 0.365 e. The van der Waals surface area contributed by atoms with Crippen LogP contribution in [0.15, 0.2) is 42.7 Å². The molecule has 0 aliphatic heterocycles. The molecule has 0 atom stereocenters. The van der Waals surface area contributed by atoms with Gasteiger partial charge in [0.05, 0.1) is 10.7 Å². The molecular formula is C14H12Cl2N3O2+. The molecule has 0 saturated carbocycles. The molecule has 21 heavy (non-hydrogen) atoms. The minimum atomic E-state index is -0.550. The van der Waals surface area contributed by atoms with Gasteiger partial charge in [0, 0.05) is 11.1 Å². The molecule has 0 aliphatic carbocycles. The lowest BCUT2D eigenvalue weighted by atomic mass is 10.2. The van der Waals surface area contributed by atoms with Crippen LogP contribution in [0.1, 0.15) is 10.4 Å². The number of pyridine rings is 1. The normalized spacial score (nSPS) is 10.2. The second-order valence-electron chi connectivity index (χ2n) is 4.30. The van der Waals surface area contributed by atoms with E-state index in [0.29, 0.717) is 21.3 Å². The van der Waals surface area contributed by atoms with Gasteiger partial charge in [-0.2, -0.15) is 4.57 Å². The molecular weight excluding hydrogens is 313 g/mol. The van der Waals surface area contributed by atoms with E-state index in [1.807, 2.05) is 0 Å². The summed E-state index contributed by atoms with van der Waals surface area (Å²) in [5.41, 5.74) is 5.99. The molecule has 1 heterocycles. The zero-order chi connectivity index (χ0) is 15.4. The average molecular weight is 325 g/mol. The van der Waals surface area contributed by atoms with Gasteiger partial charge >= 0.3 is 0 Å². The fourth-order valence-electron chi connectivity index (χ4n) is 1.71. The molecule has 0 unspecified atom stereocenters. The van der Waals surface area contributed by atoms with Crippen molar-refractivity contribution >= 4 is 40.7 Å². The number of halogens is 2. The summed E-state index contributed by atoms with van der Waals surface area (Å²) in [6.45, 7) is 0.0279. The van der Waals surface area contributed by atoms with Gasteiger partial charge in [0.1, 0.15) is 5.56 Å². The number of primary amides is 1. The Labute approximate surface area is 131 Å². The van der Waals surface area contributed by atoms with Crippen LogP contribution >= 0.6 is 23.2 Å². The van der Waals surface area contributed by atoms with Crippen molar-refractivity contribution in [3.8, 4) is 0 Å². The molecule has 5 nitrogen and oxygen atoms in total. The molecule has 0 spiro atoms. The number of benzene rings is 1. The van der Waals surface area contributed by atoms with E-state index < -0.39 is 5.91 Å². The van der Waals surface area contributed by atoms with Crippen molar-refractivity contribution in [3.05, 3.63) is 58.3 Å². The highest BCUT2D eigenvalue weighted by atomic mass is 35.5. The average Bonchev–Trinajstić information content (AvgIpc) is 2.42. The monoisotopic (exact) mass is 324 g/mol. The molecule has 2 rings (SSSR count). The van der Waals surface area contributed by atoms with Crippen LogP contribution in [0.25, 0.3) is 0 Å². The van der Waals surface area contributed by atoms with Gasteiger partial charge in [-0.1, -0.05) is 23.2 Å². The molecule has 2 aromatic rings. The summed E-state index contributed by atoms with van der Waals surface area (Å²) in [7, 11) is 0. The molecule has 0 fully saturated rings. The molecule has 1 aromatic heterocycles. The van der Waals surface area contributed by atoms with E-state index in [1.165, 1.54) is 6.20 Å². The number of nitrogens with two attached hydrogens (primary N) is 1. The van der Waals surface area contributed by atoms with Crippen LogP contribution in [0.3, 0.4) is 0 Å². The molecule has 1 aromatic carbocycles. The molecule has 108 valence electrons. The first-order valence-electron chi connectivity index (χ1n) is 5.99. The lowest BCUT2D eigenvalue weighted by Gasteiger charge is -2.06. The van der Waals surface area contributed by atoms with Gasteiger partial charge in [0.25, 0.3) is 11.8 Å². The summed E-state index contributed by atoms with van der Waals surface area (Å²) in [6, 6.07) is 8.01. The first-order chi connectivity index (χ1) is 9.95. The van der Waals surface area contributed by atoms with E-state index in [0.717, 1.165) is 0 Å². The SMILES string of the molecule is NC(=O)c1ccc[n+](CC(=O)Nc2ccc(Cl)cc2Cl)c1. The van der Waals surface area contributed by atoms with Crippen LogP contribution in [0.5, 0.6) is 0 Å². The van der Waals surface area contributed by atoms with Crippen LogP contribution in [-0.4, -0.2) is 11.8 Å². The lowest BCUT2D eigenvalue weighted by molar-refractivity contribution is -0.684. The number of hydrogen-bond acceptors (Lipinski definition) is 2. The highest BCUT2D eigenvalue weighted by Gasteiger charge is 2.13. The van der Waals surface area contributed by atoms with Crippen molar-refractivity contribution in [2.24, 2.45) is 5.73 Å². The summed E-state index contributed by atoms with van der Waals surface area (Å²) >= 11 is 11.8. The van der Waals surface area contributed by atoms with E-state index in [4.69, 9.17) is 28.9 Å². The Kier molecular flexibility index (Phi) is 4.77. The Bertz CT molecular complexity index is 704. The van der Waals surface area contributed by atoms with Crippen LogP contribution in [0, 0.1) is 0 Å². The number of amides is 2. The van der Waals surface area contributed by atoms with E-state index >= 15 is 0 Å². The number of aromatic nitrogens is 1. The van der Waals surface area contributed by atoms with Crippen LogP contribution in [0.2, 0.25) is 10.0 Å². The van der Waals surface area contributed by atoms with Crippen molar-refractivity contribution in [2.75, 3.05) is 5.32 Å². The number of nitrogens with one attached hydrogen (secondary N) is 1. The van der Waals surface area contributed by atoms with E-state index in [1.54, 1.807) is 41.1 Å². The van der Waals surface area contributed by atoms with Gasteiger partial charge in [-0.25, -0.2) is 0 Å². The van der Waals surface area contributed by atoms with E-state index in [-0.39, 0.29) is 12.5 Å². The van der Waals surface area contributed by atoms with Gasteiger partial charge in [-0.15, -0.1) is 0 Å². The topological polar surface area (TPSA) is 76.1 Å². The minimum absolute atomic E-state index is 0.0279. The highest BCUT2D eigenvalue weighted by molar-refractivity contribution is 6.36. The minimum Gasteiger partial charge on any atom is -0.365 e. The zero-order valence-electron chi connectivity index (χ0n) is 10.8. The molecule has 3 N–H and O–H groups in total. The number of carbonyl (C=O) groups excluding carboxylic acids is 2. The quantitative estimate of drug-likeness (QED) is 0.844. The third-order valence-corrected chi connectivity index (χ3v) is 3.22. The summed E-state index contributed by atoms with van der Waals surface area (Å²) in [4.78, 5) is 23.0. The van der Waals surface area contributed by atoms with Crippen molar-refractivity contribution in [3.63, 3.8) is 0 Å². The Morgan fingerprint density at radius 1 is 1.24 bits per heavy atom. The van der Waals surface area contributed by atoms with E-state index in [9.17, 15) is 9.59 Å². The van der Waals surface area contributed by atoms with Crippen LogP contribution in [-0.2, 0) is 11.3 Å². The summed E-state index contributed by atoms with van der Waals surface area (Å²) in [6.07, 6.45) is 3.17. The van der Waals surface area contributed by atoms with Gasteiger partial charge in [0.2, 0.25) is 6.54 Å². The molecule has 7 heteroatoms. The number of nitrogens with zero attached hydrogens (tertiary/aromatic N) is 1. The third kappa shape index (κ3) is 4.18. The predicted molar refractivity (Wildman–Crippen MR) is 80.2 cm³/mol. The molecule has 2 amide bonds. The number of hydrogen-bond donors (Lipinski definition) is 2. The maximum absolute atomic E-state index is 12.0. The summed E-state index contributed by atoms with van der Waals surface area (Å²) in [5.74, 6) is -0.837. The number of anilines is 1. The fraction of sp³-hybridized carbons (Fsp3) is 0.0714. The zero-order valence-corrected chi connectivity index (χ0v) is 12.4. The standard InChI is InChI=1S/C14H11Cl2N3O2/c15-10-3-4-12(11(16)6-10)18-13(20)8-19-5-1-2-9(7-19)14(17)21/h1-7H,8H2,(H2-,17,18,20,21)/p+1. The first kappa shape index (κ1) is 15.3. The summed E-state index contributed by atoms with van der Waals surface area (Å²) in [5, 5.41) is 3.51. The number of carbonyl (C=O) groups is 2. The second kappa shape index (κ2) is 6.56. The second-order valence-corrected chi connectivity index (χ2v) is 5.15. The predicted octanol–water partition coefficient (Wildman–Crippen LogP) is 2.02. The highest BCUT2D eigenvalue weighted by Crippen LogP contribution is 2.25. The Hall–Kier alpha value is -2.11. The van der Waals surface area contributed by atoms with Gasteiger partial charge in [-0.3, -0.25) is 9.59 Å². The summed E-state index contributed by atoms with van der Waals surface area (Å²) < 4.78 is 1.55. The van der Waals surface area contributed by atoms with Crippen LogP contribution in [0.4, 0.5) is 5.69 Å². The van der Waals surface area contributed by atoms with Crippen molar-refractivity contribution in [1.29, 1.82) is 0 Å². The van der Waals surface area contributed by atoms with E-state index in [2.05, 4.69) is 5.32 Å². The van der Waals surface area contributed by atoms with Crippen molar-refractivity contribution in [2.45, 2.75) is 6.54 Å². The maximum Gasteiger partial charge on any atom is 0.290 e. The molecule has 0 bridgehead atoms. The number of rotatable bonds is 4. The lowest BCUT2D eigenvalue weighted by Crippen LogP contribution is -2.40. The first-order valence-corrected chi connectivity index (χ1v) is 6.75. The van der Waals surface area contributed by atoms with Gasteiger partial charge in [0.15, 0.2) is 12.4 Å². The van der Waals surface area contributed by atoms with Gasteiger partial charge < -0.3 is 11.1 Å². The Morgan fingerprint density at radius 2 is 2.00 bits per heavy atom. The van der Waals surface area contributed by atoms with Crippen molar-refractivity contribution < 1.29 is 14.2 Å². The third-order valence-electron chi connectivity index (χ3n) is 2.67. The molecule has 0 saturated heterocycles. The Morgan fingerprint density at radius 3 is 2.67 bits per heavy atom. The Balaban J connectivity index is 2.08. The molecule has 0 aliphatic rings.